The molecule has 2 aliphatic rings. The molecule has 0 saturated heterocycles. The Kier molecular flexibility index (Phi) is 7.77. The summed E-state index contributed by atoms with van der Waals surface area (Å²) in [4.78, 5) is 16.2. The van der Waals surface area contributed by atoms with Crippen LogP contribution in [0, 0.1) is 0 Å². The van der Waals surface area contributed by atoms with Crippen LogP contribution in [0.15, 0.2) is 164 Å². The van der Waals surface area contributed by atoms with Crippen molar-refractivity contribution in [3.8, 4) is 45.3 Å². The van der Waals surface area contributed by atoms with E-state index < -0.39 is 5.41 Å². The molecule has 2 aromatic heterocycles. The van der Waals surface area contributed by atoms with E-state index in [0.717, 1.165) is 23.1 Å². The molecule has 0 saturated carbocycles. The van der Waals surface area contributed by atoms with E-state index in [9.17, 15) is 0 Å². The third kappa shape index (κ3) is 5.21. The molecule has 4 heteroatoms. The fourth-order valence-electron chi connectivity index (χ4n) is 9.99. The number of benzene rings is 7. The average molecular weight is 766 g/mol. The predicted octanol–water partition coefficient (Wildman–Crippen LogP) is 14.0. The topological polar surface area (TPSA) is 38.7 Å². The summed E-state index contributed by atoms with van der Waals surface area (Å²) < 4.78 is 2.45. The van der Waals surface area contributed by atoms with E-state index in [-0.39, 0.29) is 10.8 Å². The Morgan fingerprint density at radius 3 is 1.67 bits per heavy atom. The van der Waals surface area contributed by atoms with Crippen molar-refractivity contribution in [1.29, 1.82) is 0 Å². The Balaban J connectivity index is 1.17. The zero-order valence-corrected chi connectivity index (χ0v) is 34.1. The number of thiophene rings is 1. The standard InChI is InChI=1S/C54H43N3S/c1-52(2)30-31-53(3,4)46-33-35(27-29-44(46)52)50-55-49(56-51(57-50)42-23-15-22-41-40-21-12-14-25-47(40)58-48(41)42)34-26-28-39-38-20-11-13-24-43(38)54(45(39)32-34,36-16-7-5-8-17-36)37-18-9-6-10-19-37/h5-29,32-33H,30-31H2,1-4H3. The highest BCUT2D eigenvalue weighted by atomic mass is 32.1. The Labute approximate surface area is 344 Å². The highest BCUT2D eigenvalue weighted by Crippen LogP contribution is 2.57. The van der Waals surface area contributed by atoms with Gasteiger partial charge in [-0.3, -0.25) is 0 Å². The predicted molar refractivity (Wildman–Crippen MR) is 242 cm³/mol. The van der Waals surface area contributed by atoms with Crippen molar-refractivity contribution < 1.29 is 0 Å². The minimum absolute atomic E-state index is 0.0510. The molecule has 0 unspecified atom stereocenters. The molecule has 2 heterocycles. The van der Waals surface area contributed by atoms with Gasteiger partial charge in [-0.25, -0.2) is 15.0 Å². The normalized spacial score (nSPS) is 15.9. The van der Waals surface area contributed by atoms with Crippen LogP contribution in [0.1, 0.15) is 73.9 Å². The highest BCUT2D eigenvalue weighted by molar-refractivity contribution is 7.26. The maximum Gasteiger partial charge on any atom is 0.165 e. The molecule has 0 aliphatic heterocycles. The molecule has 58 heavy (non-hydrogen) atoms. The molecule has 0 bridgehead atoms. The molecule has 0 spiro atoms. The van der Waals surface area contributed by atoms with Crippen molar-refractivity contribution in [1.82, 2.24) is 15.0 Å². The number of nitrogens with zero attached hydrogens (tertiary/aromatic N) is 3. The van der Waals surface area contributed by atoms with E-state index in [1.54, 1.807) is 0 Å². The molecule has 11 rings (SSSR count). The van der Waals surface area contributed by atoms with Gasteiger partial charge in [-0.2, -0.15) is 0 Å². The lowest BCUT2D eigenvalue weighted by molar-refractivity contribution is 0.332. The molecular weight excluding hydrogens is 723 g/mol. The van der Waals surface area contributed by atoms with Crippen LogP contribution in [0.25, 0.3) is 65.5 Å². The Morgan fingerprint density at radius 1 is 0.414 bits per heavy atom. The van der Waals surface area contributed by atoms with E-state index in [1.807, 2.05) is 11.3 Å². The van der Waals surface area contributed by atoms with Crippen molar-refractivity contribution in [2.75, 3.05) is 0 Å². The molecule has 0 N–H and O–H groups in total. The molecule has 0 fully saturated rings. The molecule has 280 valence electrons. The lowest BCUT2D eigenvalue weighted by Crippen LogP contribution is -2.33. The van der Waals surface area contributed by atoms with E-state index in [1.165, 1.54) is 71.1 Å². The lowest BCUT2D eigenvalue weighted by Gasteiger charge is -2.42. The second-order valence-corrected chi connectivity index (χ2v) is 18.5. The fraction of sp³-hybridized carbons (Fsp3) is 0.167. The zero-order chi connectivity index (χ0) is 39.2. The summed E-state index contributed by atoms with van der Waals surface area (Å²) in [6.45, 7) is 9.52. The van der Waals surface area contributed by atoms with Gasteiger partial charge in [-0.15, -0.1) is 11.3 Å². The van der Waals surface area contributed by atoms with Gasteiger partial charge >= 0.3 is 0 Å². The molecule has 0 amide bonds. The fourth-order valence-corrected chi connectivity index (χ4v) is 11.2. The summed E-state index contributed by atoms with van der Waals surface area (Å²) in [5.41, 5.74) is 12.9. The van der Waals surface area contributed by atoms with E-state index in [0.29, 0.717) is 17.5 Å². The average Bonchev–Trinajstić information content (AvgIpc) is 3.79. The van der Waals surface area contributed by atoms with Gasteiger partial charge in [0, 0.05) is 36.9 Å². The summed E-state index contributed by atoms with van der Waals surface area (Å²) >= 11 is 1.81. The number of hydrogen-bond donors (Lipinski definition) is 0. The molecule has 2 aliphatic carbocycles. The highest BCUT2D eigenvalue weighted by Gasteiger charge is 2.46. The van der Waals surface area contributed by atoms with Crippen LogP contribution in [0.4, 0.5) is 0 Å². The van der Waals surface area contributed by atoms with Crippen molar-refractivity contribution in [3.63, 3.8) is 0 Å². The third-order valence-corrected chi connectivity index (χ3v) is 14.3. The summed E-state index contributed by atoms with van der Waals surface area (Å²) in [5, 5.41) is 2.49. The van der Waals surface area contributed by atoms with Gasteiger partial charge in [0.25, 0.3) is 0 Å². The van der Waals surface area contributed by atoms with E-state index in [4.69, 9.17) is 15.0 Å². The van der Waals surface area contributed by atoms with Crippen LogP contribution in [0.2, 0.25) is 0 Å². The van der Waals surface area contributed by atoms with Gasteiger partial charge in [0.15, 0.2) is 17.5 Å². The first-order valence-corrected chi connectivity index (χ1v) is 21.2. The summed E-state index contributed by atoms with van der Waals surface area (Å²) in [6.07, 6.45) is 2.31. The molecule has 3 nitrogen and oxygen atoms in total. The Hall–Kier alpha value is -6.23. The number of fused-ring (bicyclic) bond motifs is 7. The molecule has 0 atom stereocenters. The van der Waals surface area contributed by atoms with Crippen LogP contribution in [-0.4, -0.2) is 15.0 Å². The SMILES string of the molecule is CC1(C)CCC(C)(C)c2cc(-c3nc(-c4ccc5c(c4)C(c4ccccc4)(c4ccccc4)c4ccccc4-5)nc(-c4cccc5c4sc4ccccc45)n3)ccc21. The maximum absolute atomic E-state index is 5.41. The smallest absolute Gasteiger partial charge is 0.165 e. The van der Waals surface area contributed by atoms with Crippen LogP contribution < -0.4 is 0 Å². The van der Waals surface area contributed by atoms with Crippen LogP contribution >= 0.6 is 11.3 Å². The molecular formula is C54H43N3S. The van der Waals surface area contributed by atoms with Crippen LogP contribution in [0.5, 0.6) is 0 Å². The van der Waals surface area contributed by atoms with Crippen molar-refractivity contribution in [2.24, 2.45) is 0 Å². The second-order valence-electron chi connectivity index (χ2n) is 17.4. The Morgan fingerprint density at radius 2 is 0.948 bits per heavy atom. The van der Waals surface area contributed by atoms with Crippen molar-refractivity contribution in [2.45, 2.75) is 56.8 Å². The molecule has 9 aromatic rings. The number of hydrogen-bond acceptors (Lipinski definition) is 4. The largest absolute Gasteiger partial charge is 0.208 e. The van der Waals surface area contributed by atoms with Gasteiger partial charge in [0.1, 0.15) is 0 Å². The third-order valence-electron chi connectivity index (χ3n) is 13.1. The first-order chi connectivity index (χ1) is 28.2. The number of rotatable bonds is 5. The van der Waals surface area contributed by atoms with Gasteiger partial charge < -0.3 is 0 Å². The van der Waals surface area contributed by atoms with Gasteiger partial charge in [0.05, 0.1) is 5.41 Å². The van der Waals surface area contributed by atoms with Crippen molar-refractivity contribution in [3.05, 3.63) is 197 Å². The Bertz CT molecular complexity index is 3030. The molecule has 7 aromatic carbocycles. The minimum Gasteiger partial charge on any atom is -0.208 e. The zero-order valence-electron chi connectivity index (χ0n) is 33.3. The number of aromatic nitrogens is 3. The minimum atomic E-state index is -0.525. The quantitative estimate of drug-likeness (QED) is 0.175. The summed E-state index contributed by atoms with van der Waals surface area (Å²) in [6, 6.07) is 59.8. The first kappa shape index (κ1) is 35.0. The van der Waals surface area contributed by atoms with Gasteiger partial charge in [0.2, 0.25) is 0 Å². The second kappa shape index (κ2) is 12.9. The maximum atomic E-state index is 5.41. The van der Waals surface area contributed by atoms with Crippen LogP contribution in [0.3, 0.4) is 0 Å². The van der Waals surface area contributed by atoms with Gasteiger partial charge in [-0.1, -0.05) is 167 Å². The monoisotopic (exact) mass is 765 g/mol. The van der Waals surface area contributed by atoms with Crippen LogP contribution in [-0.2, 0) is 16.2 Å². The summed E-state index contributed by atoms with van der Waals surface area (Å²) in [7, 11) is 0. The lowest BCUT2D eigenvalue weighted by atomic mass is 9.63. The first-order valence-electron chi connectivity index (χ1n) is 20.4. The van der Waals surface area contributed by atoms with E-state index in [2.05, 4.69) is 191 Å². The van der Waals surface area contributed by atoms with E-state index >= 15 is 0 Å². The van der Waals surface area contributed by atoms with Gasteiger partial charge in [-0.05, 0) is 92.4 Å². The summed E-state index contributed by atoms with van der Waals surface area (Å²) in [5.74, 6) is 2.06. The van der Waals surface area contributed by atoms with Crippen molar-refractivity contribution >= 4 is 31.5 Å². The molecule has 0 radical (unpaired) electrons.